The van der Waals surface area contributed by atoms with Gasteiger partial charge in [0.15, 0.2) is 0 Å². The van der Waals surface area contributed by atoms with E-state index in [2.05, 4.69) is 13.8 Å². The maximum atomic E-state index is 12.0. The molecule has 0 aliphatic carbocycles. The van der Waals surface area contributed by atoms with Crippen LogP contribution < -0.4 is 5.73 Å². The maximum absolute atomic E-state index is 12.0. The first kappa shape index (κ1) is 16.7. The van der Waals surface area contributed by atoms with Crippen LogP contribution in [0.4, 0.5) is 0 Å². The molecule has 1 aliphatic rings. The Morgan fingerprint density at radius 2 is 2.18 bits per heavy atom. The van der Waals surface area contributed by atoms with Crippen LogP contribution in [-0.4, -0.2) is 29.9 Å². The first-order valence-corrected chi connectivity index (χ1v) is 6.70. The van der Waals surface area contributed by atoms with Gasteiger partial charge in [-0.25, -0.2) is 0 Å². The van der Waals surface area contributed by atoms with Gasteiger partial charge < -0.3 is 10.6 Å². The highest BCUT2D eigenvalue weighted by atomic mass is 35.5. The summed E-state index contributed by atoms with van der Waals surface area (Å²) >= 11 is 0. The lowest BCUT2D eigenvalue weighted by molar-refractivity contribution is -0.131. The zero-order valence-corrected chi connectivity index (χ0v) is 12.0. The third-order valence-electron chi connectivity index (χ3n) is 3.58. The van der Waals surface area contributed by atoms with Crippen LogP contribution in [-0.2, 0) is 4.79 Å². The second-order valence-corrected chi connectivity index (χ2v) is 5.01. The average Bonchev–Trinajstić information content (AvgIpc) is 2.70. The van der Waals surface area contributed by atoms with Crippen molar-refractivity contribution in [2.24, 2.45) is 11.7 Å². The summed E-state index contributed by atoms with van der Waals surface area (Å²) in [5.74, 6) is 0.889. The number of halogens is 1. The van der Waals surface area contributed by atoms with E-state index in [1.54, 1.807) is 0 Å². The molecule has 4 heteroatoms. The molecule has 102 valence electrons. The van der Waals surface area contributed by atoms with E-state index in [1.807, 2.05) is 4.90 Å². The van der Waals surface area contributed by atoms with E-state index in [1.165, 1.54) is 19.3 Å². The molecule has 1 unspecified atom stereocenters. The minimum atomic E-state index is 0. The predicted octanol–water partition coefficient (Wildman–Crippen LogP) is 2.57. The summed E-state index contributed by atoms with van der Waals surface area (Å²) in [4.78, 5) is 13.9. The topological polar surface area (TPSA) is 46.3 Å². The molecule has 2 N–H and O–H groups in total. The molecule has 1 fully saturated rings. The van der Waals surface area contributed by atoms with Gasteiger partial charge in [-0.3, -0.25) is 4.79 Å². The van der Waals surface area contributed by atoms with Crippen molar-refractivity contribution in [2.45, 2.75) is 58.4 Å². The molecule has 1 rings (SSSR count). The van der Waals surface area contributed by atoms with Gasteiger partial charge in [0.05, 0.1) is 0 Å². The van der Waals surface area contributed by atoms with Crippen LogP contribution >= 0.6 is 12.4 Å². The van der Waals surface area contributed by atoms with Gasteiger partial charge in [0.25, 0.3) is 0 Å². The highest BCUT2D eigenvalue weighted by Crippen LogP contribution is 2.19. The Bertz CT molecular complexity index is 223. The summed E-state index contributed by atoms with van der Waals surface area (Å²) < 4.78 is 0. The first-order valence-electron chi connectivity index (χ1n) is 6.70. The fourth-order valence-electron chi connectivity index (χ4n) is 2.33. The summed E-state index contributed by atoms with van der Waals surface area (Å²) in [6, 6.07) is 0.208. The zero-order valence-electron chi connectivity index (χ0n) is 11.2. The highest BCUT2D eigenvalue weighted by molar-refractivity contribution is 5.85. The van der Waals surface area contributed by atoms with Gasteiger partial charge in [-0.1, -0.05) is 33.1 Å². The minimum Gasteiger partial charge on any atom is -0.341 e. The molecule has 1 heterocycles. The van der Waals surface area contributed by atoms with Crippen molar-refractivity contribution in [1.82, 2.24) is 4.90 Å². The predicted molar refractivity (Wildman–Crippen MR) is 74.3 cm³/mol. The summed E-state index contributed by atoms with van der Waals surface area (Å²) in [7, 11) is 0. The van der Waals surface area contributed by atoms with Crippen molar-refractivity contribution < 1.29 is 4.79 Å². The Kier molecular flexibility index (Phi) is 8.61. The Morgan fingerprint density at radius 3 is 2.65 bits per heavy atom. The SMILES string of the molecule is CCCCC(CC)CC(=O)N1CC[C@@H](N)C1.Cl. The van der Waals surface area contributed by atoms with E-state index < -0.39 is 0 Å². The fraction of sp³-hybridized carbons (Fsp3) is 0.923. The van der Waals surface area contributed by atoms with Gasteiger partial charge in [-0.2, -0.15) is 0 Å². The van der Waals surface area contributed by atoms with Gasteiger partial charge in [-0.05, 0) is 18.8 Å². The zero-order chi connectivity index (χ0) is 12.0. The monoisotopic (exact) mass is 262 g/mol. The molecule has 0 bridgehead atoms. The molecule has 0 aromatic rings. The molecule has 1 amide bonds. The maximum Gasteiger partial charge on any atom is 0.222 e. The number of nitrogens with two attached hydrogens (primary N) is 1. The molecule has 3 nitrogen and oxygen atoms in total. The van der Waals surface area contributed by atoms with Crippen LogP contribution in [0.5, 0.6) is 0 Å². The molecule has 1 saturated heterocycles. The Hall–Kier alpha value is -0.280. The fourth-order valence-corrected chi connectivity index (χ4v) is 2.33. The third-order valence-corrected chi connectivity index (χ3v) is 3.58. The second-order valence-electron chi connectivity index (χ2n) is 5.01. The number of unbranched alkanes of at least 4 members (excludes halogenated alkanes) is 1. The van der Waals surface area contributed by atoms with Crippen molar-refractivity contribution in [3.63, 3.8) is 0 Å². The van der Waals surface area contributed by atoms with Gasteiger partial charge in [0.2, 0.25) is 5.91 Å². The normalized spacial score (nSPS) is 21.1. The van der Waals surface area contributed by atoms with Gasteiger partial charge in [-0.15, -0.1) is 12.4 Å². The number of nitrogens with zero attached hydrogens (tertiary/aromatic N) is 1. The standard InChI is InChI=1S/C13H26N2O.ClH/c1-3-5-6-11(4-2)9-13(16)15-8-7-12(14)10-15;/h11-12H,3-10,14H2,1-2H3;1H/t11?,12-;/m1./s1. The van der Waals surface area contributed by atoms with Crippen LogP contribution in [0.3, 0.4) is 0 Å². The summed E-state index contributed by atoms with van der Waals surface area (Å²) in [5, 5.41) is 0. The number of rotatable bonds is 6. The lowest BCUT2D eigenvalue weighted by atomic mass is 9.95. The molecule has 1 aliphatic heterocycles. The largest absolute Gasteiger partial charge is 0.341 e. The number of amides is 1. The van der Waals surface area contributed by atoms with Crippen LogP contribution in [0, 0.1) is 5.92 Å². The van der Waals surface area contributed by atoms with Gasteiger partial charge >= 0.3 is 0 Å². The Labute approximate surface area is 112 Å². The molecular weight excluding hydrogens is 236 g/mol. The van der Waals surface area contributed by atoms with Crippen LogP contribution in [0.1, 0.15) is 52.4 Å². The van der Waals surface area contributed by atoms with Crippen molar-refractivity contribution in [3.05, 3.63) is 0 Å². The van der Waals surface area contributed by atoms with Crippen LogP contribution in [0.15, 0.2) is 0 Å². The van der Waals surface area contributed by atoms with Crippen molar-refractivity contribution >= 4 is 18.3 Å². The van der Waals surface area contributed by atoms with E-state index in [0.717, 1.165) is 32.4 Å². The summed E-state index contributed by atoms with van der Waals surface area (Å²) in [6.45, 7) is 6.02. The van der Waals surface area contributed by atoms with Crippen LogP contribution in [0.2, 0.25) is 0 Å². The number of hydrogen-bond acceptors (Lipinski definition) is 2. The van der Waals surface area contributed by atoms with Crippen molar-refractivity contribution in [2.75, 3.05) is 13.1 Å². The average molecular weight is 263 g/mol. The lowest BCUT2D eigenvalue weighted by Gasteiger charge is -2.20. The van der Waals surface area contributed by atoms with Gasteiger partial charge in [0, 0.05) is 25.6 Å². The summed E-state index contributed by atoms with van der Waals surface area (Å²) in [6.07, 6.45) is 6.47. The van der Waals surface area contributed by atoms with Crippen molar-refractivity contribution in [1.29, 1.82) is 0 Å². The van der Waals surface area contributed by atoms with Gasteiger partial charge in [0.1, 0.15) is 0 Å². The molecular formula is C13H27ClN2O. The number of hydrogen-bond donors (Lipinski definition) is 1. The summed E-state index contributed by atoms with van der Waals surface area (Å²) in [5.41, 5.74) is 5.81. The van der Waals surface area contributed by atoms with E-state index >= 15 is 0 Å². The van der Waals surface area contributed by atoms with E-state index in [0.29, 0.717) is 11.8 Å². The van der Waals surface area contributed by atoms with Crippen molar-refractivity contribution in [3.8, 4) is 0 Å². The van der Waals surface area contributed by atoms with E-state index in [4.69, 9.17) is 5.73 Å². The highest BCUT2D eigenvalue weighted by Gasteiger charge is 2.24. The van der Waals surface area contributed by atoms with E-state index in [9.17, 15) is 4.79 Å². The third kappa shape index (κ3) is 5.73. The molecule has 0 saturated carbocycles. The lowest BCUT2D eigenvalue weighted by Crippen LogP contribution is -2.32. The number of carbonyl (C=O) groups is 1. The Morgan fingerprint density at radius 1 is 1.47 bits per heavy atom. The first-order chi connectivity index (χ1) is 7.67. The molecule has 0 aromatic carbocycles. The van der Waals surface area contributed by atoms with Crippen LogP contribution in [0.25, 0.3) is 0 Å². The quantitative estimate of drug-likeness (QED) is 0.800. The number of likely N-dealkylation sites (tertiary alicyclic amines) is 1. The molecule has 2 atom stereocenters. The smallest absolute Gasteiger partial charge is 0.222 e. The van der Waals surface area contributed by atoms with E-state index in [-0.39, 0.29) is 18.4 Å². The molecule has 0 aromatic heterocycles. The Balaban J connectivity index is 0.00000256. The second kappa shape index (κ2) is 8.76. The molecule has 0 spiro atoms. The number of carbonyl (C=O) groups excluding carboxylic acids is 1. The molecule has 0 radical (unpaired) electrons. The minimum absolute atomic E-state index is 0. The molecule has 17 heavy (non-hydrogen) atoms.